The molecule has 5 nitrogen and oxygen atoms in total. The van der Waals surface area contributed by atoms with Crippen molar-refractivity contribution in [2.75, 3.05) is 20.3 Å². The summed E-state index contributed by atoms with van der Waals surface area (Å²) in [5.74, 6) is 0.0436. The lowest BCUT2D eigenvalue weighted by Gasteiger charge is -2.36. The van der Waals surface area contributed by atoms with Crippen molar-refractivity contribution < 1.29 is 9.53 Å². The molecule has 1 saturated heterocycles. The Morgan fingerprint density at radius 2 is 2.23 bits per heavy atom. The molecule has 1 aliphatic heterocycles. The number of benzene rings is 1. The first-order valence-electron chi connectivity index (χ1n) is 9.00. The molecular weight excluding hydrogens is 326 g/mol. The Labute approximate surface area is 154 Å². The number of hydrogen-bond donors (Lipinski definition) is 0. The number of nitriles is 1. The molecule has 1 amide bonds. The van der Waals surface area contributed by atoms with Gasteiger partial charge < -0.3 is 9.64 Å². The minimum absolute atomic E-state index is 0.0436. The Balaban J connectivity index is 1.87. The Morgan fingerprint density at radius 1 is 1.35 bits per heavy atom. The highest BCUT2D eigenvalue weighted by Gasteiger charge is 2.27. The van der Waals surface area contributed by atoms with Crippen LogP contribution >= 0.6 is 0 Å². The molecule has 2 heterocycles. The molecule has 5 heteroatoms. The molecule has 1 aromatic carbocycles. The summed E-state index contributed by atoms with van der Waals surface area (Å²) in [5, 5.41) is 9.30. The molecule has 0 N–H and O–H groups in total. The van der Waals surface area contributed by atoms with Crippen molar-refractivity contribution in [3.8, 4) is 17.3 Å². The Morgan fingerprint density at radius 3 is 3.04 bits per heavy atom. The third kappa shape index (κ3) is 3.92. The molecule has 0 unspecified atom stereocenters. The van der Waals surface area contributed by atoms with Gasteiger partial charge in [0.2, 0.25) is 0 Å². The highest BCUT2D eigenvalue weighted by atomic mass is 16.5. The number of hydrogen-bond acceptors (Lipinski definition) is 4. The molecule has 0 saturated carbocycles. The Bertz CT molecular complexity index is 813. The number of likely N-dealkylation sites (tertiary alicyclic amines) is 1. The summed E-state index contributed by atoms with van der Waals surface area (Å²) in [7, 11) is 1.69. The van der Waals surface area contributed by atoms with Crippen molar-refractivity contribution >= 4 is 5.91 Å². The Kier molecular flexibility index (Phi) is 5.98. The highest BCUT2D eigenvalue weighted by molar-refractivity contribution is 5.95. The van der Waals surface area contributed by atoms with Crippen LogP contribution in [-0.4, -0.2) is 42.1 Å². The Hall–Kier alpha value is -2.71. The first-order chi connectivity index (χ1) is 12.7. The van der Waals surface area contributed by atoms with E-state index in [0.717, 1.165) is 37.8 Å². The monoisotopic (exact) mass is 349 g/mol. The summed E-state index contributed by atoms with van der Waals surface area (Å²) in [6, 6.07) is 13.3. The third-order valence-electron chi connectivity index (χ3n) is 4.85. The highest BCUT2D eigenvalue weighted by Crippen LogP contribution is 2.25. The number of methoxy groups -OCH3 is 1. The van der Waals surface area contributed by atoms with Crippen LogP contribution < -0.4 is 0 Å². The summed E-state index contributed by atoms with van der Waals surface area (Å²) in [4.78, 5) is 19.4. The second-order valence-corrected chi connectivity index (χ2v) is 6.52. The van der Waals surface area contributed by atoms with Crippen molar-refractivity contribution in [1.82, 2.24) is 9.88 Å². The lowest BCUT2D eigenvalue weighted by molar-refractivity contribution is 0.0553. The fourth-order valence-electron chi connectivity index (χ4n) is 3.51. The fraction of sp³-hybridized carbons (Fsp3) is 0.381. The van der Waals surface area contributed by atoms with E-state index in [0.29, 0.717) is 23.4 Å². The number of pyridine rings is 1. The maximum atomic E-state index is 13.1. The number of carbonyl (C=O) groups is 1. The smallest absolute Gasteiger partial charge is 0.254 e. The summed E-state index contributed by atoms with van der Waals surface area (Å²) in [6.45, 7) is 1.44. The van der Waals surface area contributed by atoms with E-state index < -0.39 is 0 Å². The number of carbonyl (C=O) groups excluding carboxylic acids is 1. The van der Waals surface area contributed by atoms with Crippen LogP contribution in [0.2, 0.25) is 0 Å². The molecule has 0 aliphatic carbocycles. The topological polar surface area (TPSA) is 66.2 Å². The average molecular weight is 349 g/mol. The fourth-order valence-corrected chi connectivity index (χ4v) is 3.51. The largest absolute Gasteiger partial charge is 0.385 e. The van der Waals surface area contributed by atoms with Crippen LogP contribution in [-0.2, 0) is 4.74 Å². The van der Waals surface area contributed by atoms with E-state index in [2.05, 4.69) is 11.1 Å². The van der Waals surface area contributed by atoms with Crippen LogP contribution in [0.3, 0.4) is 0 Å². The van der Waals surface area contributed by atoms with Gasteiger partial charge in [0.1, 0.15) is 6.07 Å². The quantitative estimate of drug-likeness (QED) is 0.826. The number of rotatable bonds is 5. The maximum Gasteiger partial charge on any atom is 0.254 e. The minimum Gasteiger partial charge on any atom is -0.385 e. The van der Waals surface area contributed by atoms with Gasteiger partial charge in [0.15, 0.2) is 0 Å². The van der Waals surface area contributed by atoms with Crippen molar-refractivity contribution in [3.63, 3.8) is 0 Å². The second kappa shape index (κ2) is 8.59. The molecule has 134 valence electrons. The second-order valence-electron chi connectivity index (χ2n) is 6.52. The van der Waals surface area contributed by atoms with E-state index in [1.807, 2.05) is 29.2 Å². The van der Waals surface area contributed by atoms with Gasteiger partial charge in [-0.15, -0.1) is 0 Å². The number of ether oxygens (including phenoxy) is 1. The zero-order chi connectivity index (χ0) is 18.4. The van der Waals surface area contributed by atoms with Gasteiger partial charge in [-0.1, -0.05) is 12.1 Å². The van der Waals surface area contributed by atoms with E-state index in [1.54, 1.807) is 25.4 Å². The molecule has 1 fully saturated rings. The summed E-state index contributed by atoms with van der Waals surface area (Å²) < 4.78 is 5.20. The predicted octanol–water partition coefficient (Wildman–Crippen LogP) is 3.65. The average Bonchev–Trinajstić information content (AvgIpc) is 2.72. The lowest BCUT2D eigenvalue weighted by Crippen LogP contribution is -2.44. The van der Waals surface area contributed by atoms with Crippen molar-refractivity contribution in [2.45, 2.75) is 31.7 Å². The van der Waals surface area contributed by atoms with E-state index in [9.17, 15) is 10.1 Å². The summed E-state index contributed by atoms with van der Waals surface area (Å²) >= 11 is 0. The van der Waals surface area contributed by atoms with Gasteiger partial charge in [-0.2, -0.15) is 5.26 Å². The van der Waals surface area contributed by atoms with Crippen molar-refractivity contribution in [1.29, 1.82) is 5.26 Å². The van der Waals surface area contributed by atoms with Crippen LogP contribution in [0, 0.1) is 11.3 Å². The molecule has 0 radical (unpaired) electrons. The maximum absolute atomic E-state index is 13.1. The number of piperidine rings is 1. The molecule has 1 aliphatic rings. The van der Waals surface area contributed by atoms with Crippen LogP contribution in [0.25, 0.3) is 11.3 Å². The van der Waals surface area contributed by atoms with E-state index in [4.69, 9.17) is 4.74 Å². The normalized spacial score (nSPS) is 16.9. The molecule has 0 bridgehead atoms. The predicted molar refractivity (Wildman–Crippen MR) is 99.6 cm³/mol. The van der Waals surface area contributed by atoms with Gasteiger partial charge in [0, 0.05) is 43.6 Å². The van der Waals surface area contributed by atoms with Gasteiger partial charge in [-0.3, -0.25) is 9.78 Å². The van der Waals surface area contributed by atoms with Crippen molar-refractivity contribution in [3.05, 3.63) is 53.7 Å². The van der Waals surface area contributed by atoms with Crippen LogP contribution in [0.1, 0.15) is 41.6 Å². The van der Waals surface area contributed by atoms with Gasteiger partial charge in [0.05, 0.1) is 11.3 Å². The minimum atomic E-state index is 0.0436. The molecule has 1 atom stereocenters. The lowest BCUT2D eigenvalue weighted by atomic mass is 9.97. The van der Waals surface area contributed by atoms with Gasteiger partial charge in [-0.05, 0) is 49.9 Å². The number of nitrogens with zero attached hydrogens (tertiary/aromatic N) is 3. The summed E-state index contributed by atoms with van der Waals surface area (Å²) in [6.07, 6.45) is 5.73. The number of amides is 1. The molecule has 1 aromatic heterocycles. The summed E-state index contributed by atoms with van der Waals surface area (Å²) in [5.41, 5.74) is 2.55. The molecule has 0 spiro atoms. The molecule has 2 aromatic rings. The van der Waals surface area contributed by atoms with E-state index >= 15 is 0 Å². The molecular formula is C21H23N3O2. The SMILES string of the molecule is COCC[C@@H]1CCCCN1C(=O)c1cccc(-c2ncccc2C#N)c1. The number of aromatic nitrogens is 1. The standard InChI is InChI=1S/C21H23N3O2/c1-26-13-10-19-9-2-3-12-24(19)21(25)17-7-4-6-16(14-17)20-18(15-22)8-5-11-23-20/h4-8,11,14,19H,2-3,9-10,12-13H2,1H3/t19-/m0/s1. The van der Waals surface area contributed by atoms with Gasteiger partial charge >= 0.3 is 0 Å². The zero-order valence-corrected chi connectivity index (χ0v) is 15.0. The van der Waals surface area contributed by atoms with Crippen LogP contribution in [0.4, 0.5) is 0 Å². The first-order valence-corrected chi connectivity index (χ1v) is 9.00. The van der Waals surface area contributed by atoms with Crippen molar-refractivity contribution in [2.24, 2.45) is 0 Å². The van der Waals surface area contributed by atoms with Crippen LogP contribution in [0.15, 0.2) is 42.6 Å². The van der Waals surface area contributed by atoms with E-state index in [1.165, 1.54) is 0 Å². The first kappa shape index (κ1) is 18.1. The third-order valence-corrected chi connectivity index (χ3v) is 4.85. The van der Waals surface area contributed by atoms with Gasteiger partial charge in [0.25, 0.3) is 5.91 Å². The van der Waals surface area contributed by atoms with Gasteiger partial charge in [-0.25, -0.2) is 0 Å². The van der Waals surface area contributed by atoms with E-state index in [-0.39, 0.29) is 11.9 Å². The zero-order valence-electron chi connectivity index (χ0n) is 15.0. The van der Waals surface area contributed by atoms with Crippen LogP contribution in [0.5, 0.6) is 0 Å². The molecule has 3 rings (SSSR count). The molecule has 26 heavy (non-hydrogen) atoms.